The third kappa shape index (κ3) is 3.79. The summed E-state index contributed by atoms with van der Waals surface area (Å²) in [4.78, 5) is 28.3. The number of likely N-dealkylation sites (tertiary alicyclic amines) is 1. The maximum Gasteiger partial charge on any atom is 0.255 e. The van der Waals surface area contributed by atoms with Gasteiger partial charge in [-0.3, -0.25) is 14.5 Å². The average Bonchev–Trinajstić information content (AvgIpc) is 3.18. The van der Waals surface area contributed by atoms with Crippen molar-refractivity contribution in [2.24, 2.45) is 5.73 Å². The minimum Gasteiger partial charge on any atom is -0.332 e. The van der Waals surface area contributed by atoms with Crippen molar-refractivity contribution in [3.05, 3.63) is 89.5 Å². The fourth-order valence-corrected chi connectivity index (χ4v) is 4.63. The molecule has 1 fully saturated rings. The van der Waals surface area contributed by atoms with Gasteiger partial charge >= 0.3 is 0 Å². The zero-order chi connectivity index (χ0) is 22.1. The summed E-state index contributed by atoms with van der Waals surface area (Å²) in [7, 11) is 0. The van der Waals surface area contributed by atoms with Crippen molar-refractivity contribution in [2.75, 3.05) is 18.4 Å². The lowest BCUT2D eigenvalue weighted by molar-refractivity contribution is 0.0861. The summed E-state index contributed by atoms with van der Waals surface area (Å²) < 4.78 is 0. The van der Waals surface area contributed by atoms with Crippen molar-refractivity contribution in [1.29, 1.82) is 0 Å². The van der Waals surface area contributed by atoms with Gasteiger partial charge in [-0.25, -0.2) is 0 Å². The monoisotopic (exact) mass is 426 g/mol. The highest BCUT2D eigenvalue weighted by atomic mass is 16.2. The van der Waals surface area contributed by atoms with E-state index in [1.807, 2.05) is 60.7 Å². The molecular formula is C26H26N4O2. The molecule has 5 rings (SSSR count). The minimum atomic E-state index is -0.242. The normalized spacial score (nSPS) is 18.8. The number of nitrogens with two attached hydrogens (primary N) is 1. The van der Waals surface area contributed by atoms with Crippen molar-refractivity contribution in [3.63, 3.8) is 0 Å². The van der Waals surface area contributed by atoms with E-state index >= 15 is 0 Å². The van der Waals surface area contributed by atoms with E-state index in [9.17, 15) is 9.59 Å². The first kappa shape index (κ1) is 20.4. The maximum absolute atomic E-state index is 13.2. The summed E-state index contributed by atoms with van der Waals surface area (Å²) >= 11 is 0. The van der Waals surface area contributed by atoms with E-state index in [-0.39, 0.29) is 24.0 Å². The number of hydrogen-bond acceptors (Lipinski definition) is 4. The fraction of sp³-hybridized carbons (Fsp3) is 0.231. The van der Waals surface area contributed by atoms with Gasteiger partial charge in [0.15, 0.2) is 0 Å². The summed E-state index contributed by atoms with van der Waals surface area (Å²) in [6, 6.07) is 23.1. The second-order valence-electron chi connectivity index (χ2n) is 8.38. The van der Waals surface area contributed by atoms with Crippen LogP contribution in [0.1, 0.15) is 45.3 Å². The van der Waals surface area contributed by atoms with E-state index in [4.69, 9.17) is 5.73 Å². The number of nitrogens with zero attached hydrogens (tertiary/aromatic N) is 1. The predicted molar refractivity (Wildman–Crippen MR) is 125 cm³/mol. The van der Waals surface area contributed by atoms with Gasteiger partial charge in [-0.1, -0.05) is 54.6 Å². The van der Waals surface area contributed by atoms with Crippen LogP contribution >= 0.6 is 0 Å². The molecule has 162 valence electrons. The van der Waals surface area contributed by atoms with Gasteiger partial charge in [0, 0.05) is 30.3 Å². The van der Waals surface area contributed by atoms with Gasteiger partial charge < -0.3 is 16.4 Å². The summed E-state index contributed by atoms with van der Waals surface area (Å²) in [5.74, 6) is -0.401. The Bertz CT molecular complexity index is 1140. The minimum absolute atomic E-state index is 0.166. The third-order valence-corrected chi connectivity index (χ3v) is 6.32. The SMILES string of the molecule is NC1CCN(C2NC(=O)c3c(NC(=O)c4ccccc4)ccc(-c4ccccc4)c32)CC1. The molecule has 6 heteroatoms. The first-order valence-electron chi connectivity index (χ1n) is 11.0. The Kier molecular flexibility index (Phi) is 5.47. The summed E-state index contributed by atoms with van der Waals surface area (Å²) in [5.41, 5.74) is 10.7. The Balaban J connectivity index is 1.58. The largest absolute Gasteiger partial charge is 0.332 e. The lowest BCUT2D eigenvalue weighted by atomic mass is 9.93. The maximum atomic E-state index is 13.2. The van der Waals surface area contributed by atoms with Crippen molar-refractivity contribution >= 4 is 17.5 Å². The van der Waals surface area contributed by atoms with Crippen LogP contribution in [0.15, 0.2) is 72.8 Å². The van der Waals surface area contributed by atoms with Gasteiger partial charge in [0.2, 0.25) is 0 Å². The number of benzene rings is 3. The zero-order valence-corrected chi connectivity index (χ0v) is 17.8. The predicted octanol–water partition coefficient (Wildman–Crippen LogP) is 3.77. The lowest BCUT2D eigenvalue weighted by Gasteiger charge is -2.35. The number of piperidine rings is 1. The number of anilines is 1. The molecule has 3 aromatic carbocycles. The number of rotatable bonds is 4. The highest BCUT2D eigenvalue weighted by Crippen LogP contribution is 2.41. The average molecular weight is 427 g/mol. The van der Waals surface area contributed by atoms with Crippen molar-refractivity contribution in [2.45, 2.75) is 25.0 Å². The van der Waals surface area contributed by atoms with E-state index in [2.05, 4.69) is 15.5 Å². The standard InChI is InChI=1S/C26H26N4O2/c27-19-13-15-30(16-14-19)24-22-20(17-7-3-1-4-8-17)11-12-21(23(22)26(32)29-24)28-25(31)18-9-5-2-6-10-18/h1-12,19,24H,13-16,27H2,(H,28,31)(H,29,32). The number of carbonyl (C=O) groups excluding carboxylic acids is 2. The quantitative estimate of drug-likeness (QED) is 0.593. The molecule has 0 aliphatic carbocycles. The third-order valence-electron chi connectivity index (χ3n) is 6.32. The van der Waals surface area contributed by atoms with Crippen LogP contribution in [0.3, 0.4) is 0 Å². The molecule has 0 radical (unpaired) electrons. The molecule has 0 saturated carbocycles. The zero-order valence-electron chi connectivity index (χ0n) is 17.8. The molecule has 6 nitrogen and oxygen atoms in total. The highest BCUT2D eigenvalue weighted by Gasteiger charge is 2.38. The number of nitrogens with one attached hydrogen (secondary N) is 2. The Labute approximate surface area is 187 Å². The smallest absolute Gasteiger partial charge is 0.255 e. The second-order valence-corrected chi connectivity index (χ2v) is 8.38. The molecule has 4 N–H and O–H groups in total. The lowest BCUT2D eigenvalue weighted by Crippen LogP contribution is -2.45. The Morgan fingerprint density at radius 3 is 2.28 bits per heavy atom. The van der Waals surface area contributed by atoms with Crippen LogP contribution in [0.4, 0.5) is 5.69 Å². The van der Waals surface area contributed by atoms with Gasteiger partial charge in [-0.2, -0.15) is 0 Å². The Hall–Kier alpha value is -3.48. The van der Waals surface area contributed by atoms with E-state index in [1.165, 1.54) is 0 Å². The number of amides is 2. The van der Waals surface area contributed by atoms with E-state index in [1.54, 1.807) is 12.1 Å². The highest BCUT2D eigenvalue weighted by molar-refractivity contribution is 6.12. The summed E-state index contributed by atoms with van der Waals surface area (Å²) in [6.07, 6.45) is 1.55. The second kappa shape index (κ2) is 8.57. The topological polar surface area (TPSA) is 87.5 Å². The van der Waals surface area contributed by atoms with E-state index in [0.717, 1.165) is 42.6 Å². The molecule has 1 saturated heterocycles. The van der Waals surface area contributed by atoms with Gasteiger partial charge in [0.1, 0.15) is 6.17 Å². The van der Waals surface area contributed by atoms with Crippen LogP contribution in [0, 0.1) is 0 Å². The van der Waals surface area contributed by atoms with Crippen molar-refractivity contribution < 1.29 is 9.59 Å². The van der Waals surface area contributed by atoms with Crippen LogP contribution in [0.2, 0.25) is 0 Å². The summed E-state index contributed by atoms with van der Waals surface area (Å²) in [6.45, 7) is 1.64. The molecule has 2 aliphatic heterocycles. The number of hydrogen-bond donors (Lipinski definition) is 3. The molecular weight excluding hydrogens is 400 g/mol. The number of fused-ring (bicyclic) bond motifs is 1. The van der Waals surface area contributed by atoms with Gasteiger partial charge in [0.25, 0.3) is 11.8 Å². The summed E-state index contributed by atoms with van der Waals surface area (Å²) in [5, 5.41) is 6.12. The molecule has 3 aromatic rings. The molecule has 0 bridgehead atoms. The molecule has 2 amide bonds. The Morgan fingerprint density at radius 2 is 1.59 bits per heavy atom. The van der Waals surface area contributed by atoms with Crippen LogP contribution in [0.25, 0.3) is 11.1 Å². The first-order valence-corrected chi connectivity index (χ1v) is 11.0. The van der Waals surface area contributed by atoms with E-state index in [0.29, 0.717) is 16.8 Å². The number of carbonyl (C=O) groups is 2. The molecule has 0 spiro atoms. The van der Waals surface area contributed by atoms with Crippen LogP contribution in [-0.2, 0) is 0 Å². The van der Waals surface area contributed by atoms with Crippen molar-refractivity contribution in [1.82, 2.24) is 10.2 Å². The molecule has 32 heavy (non-hydrogen) atoms. The van der Waals surface area contributed by atoms with Gasteiger partial charge in [0.05, 0.1) is 11.3 Å². The molecule has 1 atom stereocenters. The Morgan fingerprint density at radius 1 is 0.938 bits per heavy atom. The molecule has 2 aliphatic rings. The van der Waals surface area contributed by atoms with Crippen molar-refractivity contribution in [3.8, 4) is 11.1 Å². The van der Waals surface area contributed by atoms with Gasteiger partial charge in [-0.05, 0) is 42.2 Å². The fourth-order valence-electron chi connectivity index (χ4n) is 4.63. The van der Waals surface area contributed by atoms with Crippen LogP contribution in [0.5, 0.6) is 0 Å². The first-order chi connectivity index (χ1) is 15.6. The van der Waals surface area contributed by atoms with E-state index < -0.39 is 0 Å². The van der Waals surface area contributed by atoms with Gasteiger partial charge in [-0.15, -0.1) is 0 Å². The molecule has 2 heterocycles. The molecule has 0 aromatic heterocycles. The van der Waals surface area contributed by atoms with Crippen LogP contribution < -0.4 is 16.4 Å². The van der Waals surface area contributed by atoms with Crippen LogP contribution in [-0.4, -0.2) is 35.8 Å². The molecule has 1 unspecified atom stereocenters.